The zero-order valence-electron chi connectivity index (χ0n) is 11.7. The van der Waals surface area contributed by atoms with Crippen molar-refractivity contribution in [2.24, 2.45) is 5.92 Å². The fourth-order valence-electron chi connectivity index (χ4n) is 1.81. The van der Waals surface area contributed by atoms with Crippen molar-refractivity contribution >= 4 is 0 Å². The first-order chi connectivity index (χ1) is 8.69. The predicted molar refractivity (Wildman–Crippen MR) is 73.9 cm³/mol. The molecule has 0 atom stereocenters. The highest BCUT2D eigenvalue weighted by Gasteiger charge is 2.22. The Morgan fingerprint density at radius 3 is 2.78 bits per heavy atom. The van der Waals surface area contributed by atoms with Crippen molar-refractivity contribution < 1.29 is 4.74 Å². The lowest BCUT2D eigenvalue weighted by molar-refractivity contribution is 0.287. The maximum absolute atomic E-state index is 5.80. The maximum atomic E-state index is 5.80. The Bertz CT molecular complexity index is 386. The van der Waals surface area contributed by atoms with Crippen LogP contribution in [0.15, 0.2) is 12.1 Å². The number of nitrogens with one attached hydrogen (secondary N) is 1. The minimum Gasteiger partial charge on any atom is -0.477 e. The monoisotopic (exact) mass is 248 g/mol. The van der Waals surface area contributed by atoms with Crippen LogP contribution in [-0.2, 0) is 6.54 Å². The van der Waals surface area contributed by atoms with Gasteiger partial charge < -0.3 is 10.1 Å². The van der Waals surface area contributed by atoms with Crippen LogP contribution >= 0.6 is 0 Å². The summed E-state index contributed by atoms with van der Waals surface area (Å²) < 4.78 is 5.80. The second-order valence-corrected chi connectivity index (χ2v) is 5.43. The summed E-state index contributed by atoms with van der Waals surface area (Å²) in [5.41, 5.74) is 2.39. The third-order valence-electron chi connectivity index (χ3n) is 3.22. The van der Waals surface area contributed by atoms with Gasteiger partial charge in [0, 0.05) is 18.3 Å². The smallest absolute Gasteiger partial charge is 0.213 e. The Labute approximate surface area is 110 Å². The highest BCUT2D eigenvalue weighted by molar-refractivity contribution is 5.26. The molecule has 1 fully saturated rings. The van der Waals surface area contributed by atoms with Gasteiger partial charge in [0.2, 0.25) is 5.88 Å². The van der Waals surface area contributed by atoms with Gasteiger partial charge in [-0.2, -0.15) is 0 Å². The molecule has 3 nitrogen and oxygen atoms in total. The summed E-state index contributed by atoms with van der Waals surface area (Å²) in [6.45, 7) is 9.16. The van der Waals surface area contributed by atoms with Crippen LogP contribution in [0.1, 0.15) is 50.8 Å². The summed E-state index contributed by atoms with van der Waals surface area (Å²) in [6, 6.07) is 4.24. The molecule has 0 spiro atoms. The van der Waals surface area contributed by atoms with E-state index in [9.17, 15) is 0 Å². The molecule has 1 aromatic rings. The zero-order valence-corrected chi connectivity index (χ0v) is 11.7. The van der Waals surface area contributed by atoms with E-state index in [0.717, 1.165) is 37.2 Å². The van der Waals surface area contributed by atoms with Gasteiger partial charge in [-0.05, 0) is 42.9 Å². The number of hydrogen-bond acceptors (Lipinski definition) is 3. The van der Waals surface area contributed by atoms with Gasteiger partial charge in [-0.3, -0.25) is 0 Å². The van der Waals surface area contributed by atoms with Crippen LogP contribution in [0.25, 0.3) is 0 Å². The van der Waals surface area contributed by atoms with Crippen LogP contribution in [0.3, 0.4) is 0 Å². The molecule has 18 heavy (non-hydrogen) atoms. The number of hydrogen-bond donors (Lipinski definition) is 1. The van der Waals surface area contributed by atoms with Gasteiger partial charge in [-0.1, -0.05) is 20.8 Å². The van der Waals surface area contributed by atoms with E-state index in [4.69, 9.17) is 4.74 Å². The summed E-state index contributed by atoms with van der Waals surface area (Å²) in [4.78, 5) is 4.59. The number of ether oxygens (including phenoxy) is 1. The van der Waals surface area contributed by atoms with Crippen molar-refractivity contribution in [1.29, 1.82) is 0 Å². The normalized spacial score (nSPS) is 15.1. The van der Waals surface area contributed by atoms with Crippen molar-refractivity contribution in [3.8, 4) is 5.88 Å². The lowest BCUT2D eigenvalue weighted by Crippen LogP contribution is -2.13. The topological polar surface area (TPSA) is 34.1 Å². The van der Waals surface area contributed by atoms with Crippen LogP contribution in [0, 0.1) is 5.92 Å². The molecule has 0 radical (unpaired) electrons. The fourth-order valence-corrected chi connectivity index (χ4v) is 1.81. The first kappa shape index (κ1) is 13.3. The second-order valence-electron chi connectivity index (χ2n) is 5.43. The highest BCUT2D eigenvalue weighted by Crippen LogP contribution is 2.29. The molecule has 1 aliphatic rings. The molecule has 0 saturated heterocycles. The standard InChI is InChI=1S/C15H24N2O/c1-4-16-9-13-7-14(11(2)3)17-15(8-13)18-10-12-5-6-12/h7-8,11-12,16H,4-6,9-10H2,1-3H3. The Hall–Kier alpha value is -1.09. The molecule has 0 aliphatic heterocycles. The molecule has 100 valence electrons. The molecule has 2 rings (SSSR count). The summed E-state index contributed by atoms with van der Waals surface area (Å²) in [6.07, 6.45) is 2.63. The molecule has 0 amide bonds. The number of pyridine rings is 1. The van der Waals surface area contributed by atoms with Gasteiger partial charge in [0.25, 0.3) is 0 Å². The third-order valence-corrected chi connectivity index (χ3v) is 3.22. The van der Waals surface area contributed by atoms with E-state index in [0.29, 0.717) is 5.92 Å². The Morgan fingerprint density at radius 1 is 1.39 bits per heavy atom. The molecule has 0 unspecified atom stereocenters. The van der Waals surface area contributed by atoms with E-state index >= 15 is 0 Å². The lowest BCUT2D eigenvalue weighted by Gasteiger charge is -2.12. The van der Waals surface area contributed by atoms with Crippen LogP contribution in [-0.4, -0.2) is 18.1 Å². The molecular formula is C15H24N2O. The molecule has 1 aromatic heterocycles. The predicted octanol–water partition coefficient (Wildman–Crippen LogP) is 3.10. The van der Waals surface area contributed by atoms with E-state index in [2.05, 4.69) is 43.2 Å². The number of aromatic nitrogens is 1. The lowest BCUT2D eigenvalue weighted by atomic mass is 10.1. The quantitative estimate of drug-likeness (QED) is 0.805. The van der Waals surface area contributed by atoms with Gasteiger partial charge in [-0.25, -0.2) is 4.98 Å². The van der Waals surface area contributed by atoms with Gasteiger partial charge in [-0.15, -0.1) is 0 Å². The third kappa shape index (κ3) is 3.98. The second kappa shape index (κ2) is 6.19. The molecule has 0 aromatic carbocycles. The van der Waals surface area contributed by atoms with Crippen molar-refractivity contribution in [3.05, 3.63) is 23.4 Å². The van der Waals surface area contributed by atoms with E-state index < -0.39 is 0 Å². The van der Waals surface area contributed by atoms with Crippen molar-refractivity contribution in [3.63, 3.8) is 0 Å². The van der Waals surface area contributed by atoms with Gasteiger partial charge in [0.1, 0.15) is 0 Å². The number of rotatable bonds is 7. The van der Waals surface area contributed by atoms with Gasteiger partial charge in [0.15, 0.2) is 0 Å². The van der Waals surface area contributed by atoms with Crippen LogP contribution in [0.5, 0.6) is 5.88 Å². The summed E-state index contributed by atoms with van der Waals surface area (Å²) in [5, 5.41) is 3.35. The van der Waals surface area contributed by atoms with E-state index in [1.54, 1.807) is 0 Å². The maximum Gasteiger partial charge on any atom is 0.213 e. The molecule has 3 heteroatoms. The van der Waals surface area contributed by atoms with E-state index in [1.807, 2.05) is 0 Å². The van der Waals surface area contributed by atoms with Crippen molar-refractivity contribution in [2.45, 2.75) is 46.1 Å². The van der Waals surface area contributed by atoms with E-state index in [-0.39, 0.29) is 0 Å². The average molecular weight is 248 g/mol. The average Bonchev–Trinajstić information content (AvgIpc) is 3.17. The molecule has 1 saturated carbocycles. The SMILES string of the molecule is CCNCc1cc(OCC2CC2)nc(C(C)C)c1. The summed E-state index contributed by atoms with van der Waals surface area (Å²) >= 11 is 0. The largest absolute Gasteiger partial charge is 0.477 e. The Morgan fingerprint density at radius 2 is 2.17 bits per heavy atom. The van der Waals surface area contributed by atoms with Gasteiger partial charge in [0.05, 0.1) is 6.61 Å². The van der Waals surface area contributed by atoms with Crippen molar-refractivity contribution in [2.75, 3.05) is 13.2 Å². The molecular weight excluding hydrogens is 224 g/mol. The minimum atomic E-state index is 0.440. The minimum absolute atomic E-state index is 0.440. The van der Waals surface area contributed by atoms with E-state index in [1.165, 1.54) is 18.4 Å². The Balaban J connectivity index is 2.07. The first-order valence-electron chi connectivity index (χ1n) is 7.03. The zero-order chi connectivity index (χ0) is 13.0. The molecule has 1 heterocycles. The van der Waals surface area contributed by atoms with Crippen LogP contribution < -0.4 is 10.1 Å². The van der Waals surface area contributed by atoms with Crippen molar-refractivity contribution in [1.82, 2.24) is 10.3 Å². The van der Waals surface area contributed by atoms with Crippen LogP contribution in [0.2, 0.25) is 0 Å². The Kier molecular flexibility index (Phi) is 4.59. The first-order valence-corrected chi connectivity index (χ1v) is 7.03. The highest BCUT2D eigenvalue weighted by atomic mass is 16.5. The summed E-state index contributed by atoms with van der Waals surface area (Å²) in [7, 11) is 0. The van der Waals surface area contributed by atoms with Gasteiger partial charge >= 0.3 is 0 Å². The fraction of sp³-hybridized carbons (Fsp3) is 0.667. The molecule has 0 bridgehead atoms. The molecule has 1 N–H and O–H groups in total. The van der Waals surface area contributed by atoms with Crippen LogP contribution in [0.4, 0.5) is 0 Å². The summed E-state index contributed by atoms with van der Waals surface area (Å²) in [5.74, 6) is 2.00. The molecule has 1 aliphatic carbocycles. The number of nitrogens with zero attached hydrogens (tertiary/aromatic N) is 1.